The molecule has 0 saturated heterocycles. The van der Waals surface area contributed by atoms with E-state index in [0.29, 0.717) is 29.5 Å². The maximum absolute atomic E-state index is 12.8. The summed E-state index contributed by atoms with van der Waals surface area (Å²) in [7, 11) is 0. The van der Waals surface area contributed by atoms with Crippen LogP contribution in [-0.4, -0.2) is 16.6 Å². The molecule has 33 heavy (non-hydrogen) atoms. The Morgan fingerprint density at radius 2 is 1.82 bits per heavy atom. The molecule has 0 fully saturated rings. The van der Waals surface area contributed by atoms with E-state index in [0.717, 1.165) is 37.1 Å². The highest BCUT2D eigenvalue weighted by molar-refractivity contribution is 5.88. The Hall–Kier alpha value is -2.30. The fourth-order valence-corrected chi connectivity index (χ4v) is 4.93. The van der Waals surface area contributed by atoms with E-state index in [1.165, 1.54) is 24.8 Å². The first-order valence-corrected chi connectivity index (χ1v) is 12.0. The Morgan fingerprint density at radius 1 is 1.06 bits per heavy atom. The maximum Gasteiger partial charge on any atom is 0.339 e. The Bertz CT molecular complexity index is 1140. The summed E-state index contributed by atoms with van der Waals surface area (Å²) in [6.45, 7) is 8.90. The van der Waals surface area contributed by atoms with Crippen LogP contribution in [0, 0.1) is 0 Å². The van der Waals surface area contributed by atoms with Crippen molar-refractivity contribution in [2.75, 3.05) is 6.54 Å². The molecule has 0 radical (unpaired) electrons. The molecule has 178 valence electrons. The van der Waals surface area contributed by atoms with Crippen LogP contribution < -0.4 is 5.63 Å². The zero-order valence-corrected chi connectivity index (χ0v) is 20.8. The number of benzene rings is 2. The van der Waals surface area contributed by atoms with E-state index < -0.39 is 0 Å². The fourth-order valence-electron chi connectivity index (χ4n) is 4.93. The number of aromatic hydroxyl groups is 1. The van der Waals surface area contributed by atoms with Crippen molar-refractivity contribution in [1.29, 1.82) is 0 Å². The number of rotatable bonds is 8. The van der Waals surface area contributed by atoms with Gasteiger partial charge < -0.3 is 9.52 Å². The van der Waals surface area contributed by atoms with Crippen molar-refractivity contribution in [2.45, 2.75) is 77.8 Å². The average Bonchev–Trinajstić information content (AvgIpc) is 2.77. The first kappa shape index (κ1) is 25.3. The lowest BCUT2D eigenvalue weighted by Crippen LogP contribution is -2.33. The average molecular weight is 470 g/mol. The summed E-state index contributed by atoms with van der Waals surface area (Å²) in [5.41, 5.74) is 4.06. The summed E-state index contributed by atoms with van der Waals surface area (Å²) in [5.74, 6) is 0.223. The van der Waals surface area contributed by atoms with E-state index in [1.54, 1.807) is 0 Å². The monoisotopic (exact) mass is 469 g/mol. The van der Waals surface area contributed by atoms with Gasteiger partial charge in [0.25, 0.3) is 0 Å². The molecule has 0 saturated carbocycles. The number of fused-ring (bicyclic) bond motifs is 3. The molecule has 4 nitrogen and oxygen atoms in total. The van der Waals surface area contributed by atoms with Crippen LogP contribution in [0.1, 0.15) is 75.1 Å². The number of hydrogen-bond donors (Lipinski definition) is 1. The van der Waals surface area contributed by atoms with Crippen LogP contribution in [0.5, 0.6) is 5.75 Å². The van der Waals surface area contributed by atoms with Gasteiger partial charge in [-0.05, 0) is 47.1 Å². The third kappa shape index (κ3) is 5.62. The lowest BCUT2D eigenvalue weighted by Gasteiger charge is -2.30. The van der Waals surface area contributed by atoms with Gasteiger partial charge in [0.1, 0.15) is 11.3 Å². The highest BCUT2D eigenvalue weighted by atomic mass is 35.5. The molecule has 2 aromatic carbocycles. The Morgan fingerprint density at radius 3 is 2.55 bits per heavy atom. The number of phenols is 1. The van der Waals surface area contributed by atoms with Crippen LogP contribution in [0.25, 0.3) is 11.0 Å². The lowest BCUT2D eigenvalue weighted by molar-refractivity contribution is 0.243. The van der Waals surface area contributed by atoms with E-state index in [9.17, 15) is 9.90 Å². The van der Waals surface area contributed by atoms with Crippen molar-refractivity contribution in [1.82, 2.24) is 4.90 Å². The van der Waals surface area contributed by atoms with Crippen molar-refractivity contribution in [2.24, 2.45) is 0 Å². The Kier molecular flexibility index (Phi) is 8.25. The molecule has 2 heterocycles. The maximum atomic E-state index is 12.8. The van der Waals surface area contributed by atoms with Gasteiger partial charge in [-0.1, -0.05) is 76.8 Å². The van der Waals surface area contributed by atoms with Crippen molar-refractivity contribution in [3.05, 3.63) is 75.1 Å². The van der Waals surface area contributed by atoms with Gasteiger partial charge in [0.15, 0.2) is 0 Å². The molecule has 5 heteroatoms. The Balaban J connectivity index is 0.00000306. The van der Waals surface area contributed by atoms with E-state index in [1.807, 2.05) is 18.2 Å². The number of nitrogens with zero attached hydrogens (tertiary/aromatic N) is 1. The smallest absolute Gasteiger partial charge is 0.339 e. The van der Waals surface area contributed by atoms with Gasteiger partial charge in [-0.3, -0.25) is 4.90 Å². The van der Waals surface area contributed by atoms with Gasteiger partial charge in [-0.25, -0.2) is 4.79 Å². The van der Waals surface area contributed by atoms with Gasteiger partial charge in [-0.15, -0.1) is 12.4 Å². The van der Waals surface area contributed by atoms with Crippen LogP contribution in [0.15, 0.2) is 51.7 Å². The largest absolute Gasteiger partial charge is 0.507 e. The first-order chi connectivity index (χ1) is 15.4. The van der Waals surface area contributed by atoms with Crippen LogP contribution >= 0.6 is 12.4 Å². The van der Waals surface area contributed by atoms with Gasteiger partial charge in [0, 0.05) is 25.2 Å². The SMILES string of the molecule is CCCCCCC(C)(C)c1cc(O)c2c3c(c(=O)oc2c1)CCN(Cc1ccccc1)C3.Cl. The summed E-state index contributed by atoms with van der Waals surface area (Å²) in [5, 5.41) is 11.8. The summed E-state index contributed by atoms with van der Waals surface area (Å²) in [6.07, 6.45) is 6.53. The minimum absolute atomic E-state index is 0. The topological polar surface area (TPSA) is 53.7 Å². The molecule has 1 aliphatic heterocycles. The summed E-state index contributed by atoms with van der Waals surface area (Å²) in [6, 6.07) is 14.2. The molecule has 3 aromatic rings. The number of halogens is 1. The van der Waals surface area contributed by atoms with Gasteiger partial charge >= 0.3 is 5.63 Å². The second-order valence-corrected chi connectivity index (χ2v) is 9.86. The molecule has 0 unspecified atom stereocenters. The van der Waals surface area contributed by atoms with Gasteiger partial charge in [0.05, 0.1) is 5.39 Å². The van der Waals surface area contributed by atoms with Gasteiger partial charge in [0.2, 0.25) is 0 Å². The molecule has 1 N–H and O–H groups in total. The molecule has 0 amide bonds. The predicted molar refractivity (Wildman–Crippen MR) is 137 cm³/mol. The highest BCUT2D eigenvalue weighted by Gasteiger charge is 2.27. The Labute approximate surface area is 203 Å². The van der Waals surface area contributed by atoms with E-state index >= 15 is 0 Å². The van der Waals surface area contributed by atoms with Gasteiger partial charge in [-0.2, -0.15) is 0 Å². The third-order valence-electron chi connectivity index (χ3n) is 6.94. The molecule has 4 rings (SSSR count). The normalized spacial score (nSPS) is 14.2. The molecule has 0 spiro atoms. The second kappa shape index (κ2) is 10.8. The quantitative estimate of drug-likeness (QED) is 0.293. The zero-order valence-electron chi connectivity index (χ0n) is 20.0. The lowest BCUT2D eigenvalue weighted by atomic mass is 9.79. The standard InChI is InChI=1S/C28H35NO3.ClH/c1-4-5-6-10-14-28(2,3)21-16-24(30)26-23-19-29(18-20-11-8-7-9-12-20)15-13-22(23)27(31)32-25(26)17-21;/h7-9,11-12,16-17,30H,4-6,10,13-15,18-19H2,1-3H3;1H. The second-order valence-electron chi connectivity index (χ2n) is 9.86. The summed E-state index contributed by atoms with van der Waals surface area (Å²) >= 11 is 0. The van der Waals surface area contributed by atoms with E-state index in [4.69, 9.17) is 4.42 Å². The van der Waals surface area contributed by atoms with Crippen LogP contribution in [0.2, 0.25) is 0 Å². The van der Waals surface area contributed by atoms with Crippen LogP contribution in [0.4, 0.5) is 0 Å². The number of phenolic OH excluding ortho intramolecular Hbond substituents is 1. The first-order valence-electron chi connectivity index (χ1n) is 12.0. The molecule has 0 bridgehead atoms. The minimum Gasteiger partial charge on any atom is -0.507 e. The molecular weight excluding hydrogens is 434 g/mol. The predicted octanol–water partition coefficient (Wildman–Crippen LogP) is 6.73. The minimum atomic E-state index is -0.260. The number of hydrogen-bond acceptors (Lipinski definition) is 4. The van der Waals surface area contributed by atoms with E-state index in [-0.39, 0.29) is 29.2 Å². The molecule has 1 aliphatic rings. The fraction of sp³-hybridized carbons (Fsp3) is 0.464. The highest BCUT2D eigenvalue weighted by Crippen LogP contribution is 2.38. The molecule has 1 aromatic heterocycles. The van der Waals surface area contributed by atoms with Crippen molar-refractivity contribution >= 4 is 23.4 Å². The molecular formula is C28H36ClNO3. The van der Waals surface area contributed by atoms with E-state index in [2.05, 4.69) is 49.9 Å². The summed E-state index contributed by atoms with van der Waals surface area (Å²) in [4.78, 5) is 15.1. The van der Waals surface area contributed by atoms with Crippen LogP contribution in [-0.2, 0) is 24.9 Å². The summed E-state index contributed by atoms with van der Waals surface area (Å²) < 4.78 is 5.74. The van der Waals surface area contributed by atoms with Crippen molar-refractivity contribution in [3.8, 4) is 5.75 Å². The molecule has 0 atom stereocenters. The zero-order chi connectivity index (χ0) is 22.7. The van der Waals surface area contributed by atoms with Crippen molar-refractivity contribution < 1.29 is 9.52 Å². The third-order valence-corrected chi connectivity index (χ3v) is 6.94. The van der Waals surface area contributed by atoms with Crippen molar-refractivity contribution in [3.63, 3.8) is 0 Å². The molecule has 0 aliphatic carbocycles. The number of unbranched alkanes of at least 4 members (excludes halogenated alkanes) is 3. The van der Waals surface area contributed by atoms with Crippen LogP contribution in [0.3, 0.4) is 0 Å².